The molecule has 1 saturated heterocycles. The zero-order valence-electron chi connectivity index (χ0n) is 12.2. The van der Waals surface area contributed by atoms with Crippen LogP contribution in [0.25, 0.3) is 0 Å². The highest BCUT2D eigenvalue weighted by Gasteiger charge is 2.23. The molecular weight excluding hydrogens is 264 g/mol. The number of nitrogen functional groups attached to an aromatic ring is 1. The molecule has 0 spiro atoms. The molecule has 2 aromatic rings. The van der Waals surface area contributed by atoms with Crippen molar-refractivity contribution in [2.75, 3.05) is 22.5 Å². The zero-order chi connectivity index (χ0) is 14.7. The van der Waals surface area contributed by atoms with Crippen LogP contribution < -0.4 is 16.0 Å². The van der Waals surface area contributed by atoms with Crippen LogP contribution >= 0.6 is 0 Å². The van der Waals surface area contributed by atoms with Crippen molar-refractivity contribution in [3.8, 4) is 0 Å². The van der Waals surface area contributed by atoms with E-state index in [0.29, 0.717) is 17.5 Å². The first-order valence-electron chi connectivity index (χ1n) is 7.31. The van der Waals surface area contributed by atoms with E-state index in [9.17, 15) is 0 Å². The van der Waals surface area contributed by atoms with Crippen molar-refractivity contribution >= 4 is 23.1 Å². The Hall–Kier alpha value is -2.37. The number of nitrogens with two attached hydrogens (primary N) is 1. The van der Waals surface area contributed by atoms with E-state index in [2.05, 4.69) is 32.1 Å². The maximum Gasteiger partial charge on any atom is 0.160 e. The van der Waals surface area contributed by atoms with Crippen LogP contribution in [0.15, 0.2) is 30.7 Å². The van der Waals surface area contributed by atoms with Crippen LogP contribution in [0.3, 0.4) is 0 Å². The van der Waals surface area contributed by atoms with Crippen molar-refractivity contribution in [3.05, 3.63) is 30.7 Å². The lowest BCUT2D eigenvalue weighted by atomic mass is 10.0. The lowest BCUT2D eigenvalue weighted by Crippen LogP contribution is -2.38. The van der Waals surface area contributed by atoms with Crippen LogP contribution in [0, 0.1) is 0 Å². The monoisotopic (exact) mass is 284 g/mol. The summed E-state index contributed by atoms with van der Waals surface area (Å²) in [6.45, 7) is 3.21. The van der Waals surface area contributed by atoms with Crippen LogP contribution in [0.4, 0.5) is 23.1 Å². The van der Waals surface area contributed by atoms with E-state index in [1.54, 1.807) is 12.5 Å². The van der Waals surface area contributed by atoms with Gasteiger partial charge in [0.25, 0.3) is 0 Å². The second-order valence-corrected chi connectivity index (χ2v) is 5.34. The standard InChI is InChI=1S/C15H20N6/c1-11-6-3-5-9-21(11)15-13(16)14(18-10-19-15)20-12-7-2-4-8-17-12/h2,4,7-8,10-11H,3,5-6,9,16H2,1H3,(H,17,18,19,20). The van der Waals surface area contributed by atoms with Crippen LogP contribution in [-0.2, 0) is 0 Å². The van der Waals surface area contributed by atoms with Gasteiger partial charge in [0.15, 0.2) is 11.6 Å². The third-order valence-electron chi connectivity index (χ3n) is 3.85. The van der Waals surface area contributed by atoms with Gasteiger partial charge < -0.3 is 16.0 Å². The number of nitrogens with one attached hydrogen (secondary N) is 1. The van der Waals surface area contributed by atoms with E-state index in [1.165, 1.54) is 19.3 Å². The van der Waals surface area contributed by atoms with Gasteiger partial charge in [0.05, 0.1) is 0 Å². The predicted octanol–water partition coefficient (Wildman–Crippen LogP) is 2.58. The molecule has 3 N–H and O–H groups in total. The number of rotatable bonds is 3. The minimum Gasteiger partial charge on any atom is -0.393 e. The summed E-state index contributed by atoms with van der Waals surface area (Å²) < 4.78 is 0. The van der Waals surface area contributed by atoms with E-state index in [-0.39, 0.29) is 0 Å². The summed E-state index contributed by atoms with van der Waals surface area (Å²) in [4.78, 5) is 15.1. The molecule has 0 aliphatic carbocycles. The van der Waals surface area contributed by atoms with Gasteiger partial charge >= 0.3 is 0 Å². The molecule has 3 heterocycles. The Labute approximate surface area is 124 Å². The minimum atomic E-state index is 0.457. The largest absolute Gasteiger partial charge is 0.393 e. The summed E-state index contributed by atoms with van der Waals surface area (Å²) in [7, 11) is 0. The molecule has 21 heavy (non-hydrogen) atoms. The Morgan fingerprint density at radius 3 is 2.90 bits per heavy atom. The molecule has 1 fully saturated rings. The highest BCUT2D eigenvalue weighted by molar-refractivity contribution is 5.77. The lowest BCUT2D eigenvalue weighted by Gasteiger charge is -2.35. The summed E-state index contributed by atoms with van der Waals surface area (Å²) in [5.41, 5.74) is 6.85. The van der Waals surface area contributed by atoms with Gasteiger partial charge in [-0.15, -0.1) is 0 Å². The molecule has 2 aromatic heterocycles. The van der Waals surface area contributed by atoms with Crippen molar-refractivity contribution in [1.82, 2.24) is 15.0 Å². The summed E-state index contributed by atoms with van der Waals surface area (Å²) in [5.74, 6) is 2.15. The first kappa shape index (κ1) is 13.6. The molecule has 0 amide bonds. The molecule has 1 aliphatic heterocycles. The smallest absolute Gasteiger partial charge is 0.160 e. The van der Waals surface area contributed by atoms with Crippen molar-refractivity contribution < 1.29 is 0 Å². The number of nitrogens with zero attached hydrogens (tertiary/aromatic N) is 4. The lowest BCUT2D eigenvalue weighted by molar-refractivity contribution is 0.481. The molecule has 110 valence electrons. The fourth-order valence-corrected chi connectivity index (χ4v) is 2.69. The number of hydrogen-bond acceptors (Lipinski definition) is 6. The van der Waals surface area contributed by atoms with Gasteiger partial charge in [-0.2, -0.15) is 0 Å². The number of hydrogen-bond donors (Lipinski definition) is 2. The molecule has 0 saturated carbocycles. The summed E-state index contributed by atoms with van der Waals surface area (Å²) in [5, 5.41) is 3.15. The van der Waals surface area contributed by atoms with Crippen LogP contribution in [0.5, 0.6) is 0 Å². The molecule has 0 radical (unpaired) electrons. The summed E-state index contributed by atoms with van der Waals surface area (Å²) in [6, 6.07) is 6.12. The number of pyridine rings is 1. The van der Waals surface area contributed by atoms with Crippen LogP contribution in [0.1, 0.15) is 26.2 Å². The second-order valence-electron chi connectivity index (χ2n) is 5.34. The van der Waals surface area contributed by atoms with E-state index in [1.807, 2.05) is 18.2 Å². The first-order chi connectivity index (χ1) is 10.3. The average molecular weight is 284 g/mol. The highest BCUT2D eigenvalue weighted by atomic mass is 15.2. The van der Waals surface area contributed by atoms with Gasteiger partial charge in [-0.25, -0.2) is 15.0 Å². The van der Waals surface area contributed by atoms with Gasteiger partial charge in [-0.1, -0.05) is 6.07 Å². The molecule has 3 rings (SSSR count). The maximum absolute atomic E-state index is 6.27. The quantitative estimate of drug-likeness (QED) is 0.901. The van der Waals surface area contributed by atoms with Crippen molar-refractivity contribution in [2.24, 2.45) is 0 Å². The van der Waals surface area contributed by atoms with Crippen molar-refractivity contribution in [1.29, 1.82) is 0 Å². The number of piperidine rings is 1. The van der Waals surface area contributed by atoms with Gasteiger partial charge in [0, 0.05) is 18.8 Å². The van der Waals surface area contributed by atoms with E-state index >= 15 is 0 Å². The highest BCUT2D eigenvalue weighted by Crippen LogP contribution is 2.31. The summed E-state index contributed by atoms with van der Waals surface area (Å²) in [6.07, 6.45) is 6.90. The zero-order valence-corrected chi connectivity index (χ0v) is 12.2. The Bertz CT molecular complexity index is 600. The summed E-state index contributed by atoms with van der Waals surface area (Å²) >= 11 is 0. The molecule has 1 unspecified atom stereocenters. The van der Waals surface area contributed by atoms with Crippen molar-refractivity contribution in [3.63, 3.8) is 0 Å². The topological polar surface area (TPSA) is 80.0 Å². The Kier molecular flexibility index (Phi) is 3.85. The van der Waals surface area contributed by atoms with Crippen LogP contribution in [0.2, 0.25) is 0 Å². The molecule has 1 atom stereocenters. The SMILES string of the molecule is CC1CCCCN1c1ncnc(Nc2ccccn2)c1N. The Morgan fingerprint density at radius 2 is 2.14 bits per heavy atom. The maximum atomic E-state index is 6.27. The molecule has 6 nitrogen and oxygen atoms in total. The number of aromatic nitrogens is 3. The minimum absolute atomic E-state index is 0.457. The first-order valence-corrected chi connectivity index (χ1v) is 7.31. The molecular formula is C15H20N6. The van der Waals surface area contributed by atoms with E-state index in [4.69, 9.17) is 5.73 Å². The third-order valence-corrected chi connectivity index (χ3v) is 3.85. The van der Waals surface area contributed by atoms with E-state index in [0.717, 1.165) is 18.2 Å². The normalized spacial score (nSPS) is 18.5. The van der Waals surface area contributed by atoms with Crippen molar-refractivity contribution in [2.45, 2.75) is 32.2 Å². The second kappa shape index (κ2) is 5.95. The fraction of sp³-hybridized carbons (Fsp3) is 0.400. The van der Waals surface area contributed by atoms with Gasteiger partial charge in [-0.05, 0) is 38.3 Å². The fourth-order valence-electron chi connectivity index (χ4n) is 2.69. The third kappa shape index (κ3) is 2.89. The van der Waals surface area contributed by atoms with Gasteiger partial charge in [0.2, 0.25) is 0 Å². The van der Waals surface area contributed by atoms with Gasteiger partial charge in [0.1, 0.15) is 17.8 Å². The molecule has 0 aromatic carbocycles. The molecule has 0 bridgehead atoms. The Morgan fingerprint density at radius 1 is 1.24 bits per heavy atom. The predicted molar refractivity (Wildman–Crippen MR) is 84.6 cm³/mol. The Balaban J connectivity index is 1.88. The number of anilines is 4. The van der Waals surface area contributed by atoms with Gasteiger partial charge in [-0.3, -0.25) is 0 Å². The van der Waals surface area contributed by atoms with E-state index < -0.39 is 0 Å². The van der Waals surface area contributed by atoms with Crippen LogP contribution in [-0.4, -0.2) is 27.5 Å². The average Bonchev–Trinajstić information content (AvgIpc) is 2.51. The molecule has 1 aliphatic rings. The molecule has 6 heteroatoms.